The number of carbonyl (C=O) groups excluding carboxylic acids is 1. The maximum absolute atomic E-state index is 12.6. The molecule has 2 atom stereocenters. The normalized spacial score (nSPS) is 27.3. The molecule has 26 heavy (non-hydrogen) atoms. The number of carbonyl (C=O) groups is 1. The van der Waals surface area contributed by atoms with Gasteiger partial charge in [-0.25, -0.2) is 9.97 Å². The molecule has 3 aliphatic rings. The summed E-state index contributed by atoms with van der Waals surface area (Å²) in [5.74, 6) is 1.35. The lowest BCUT2D eigenvalue weighted by atomic mass is 9.61. The number of ether oxygens (including phenoxy) is 1. The fourth-order valence-electron chi connectivity index (χ4n) is 4.45. The van der Waals surface area contributed by atoms with Gasteiger partial charge in [0, 0.05) is 12.1 Å². The molecule has 2 aromatic heterocycles. The molecule has 3 fully saturated rings. The van der Waals surface area contributed by atoms with E-state index in [1.807, 2.05) is 30.5 Å². The van der Waals surface area contributed by atoms with Crippen molar-refractivity contribution in [1.29, 1.82) is 0 Å². The molecule has 2 aromatic rings. The Bertz CT molecular complexity index is 775. The van der Waals surface area contributed by atoms with Crippen molar-refractivity contribution in [3.8, 4) is 10.6 Å². The van der Waals surface area contributed by atoms with Gasteiger partial charge in [0.15, 0.2) is 0 Å². The number of nitrogens with one attached hydrogen (secondary N) is 1. The van der Waals surface area contributed by atoms with Gasteiger partial charge in [0.05, 0.1) is 23.1 Å². The van der Waals surface area contributed by atoms with Crippen LogP contribution in [0.2, 0.25) is 5.28 Å². The average Bonchev–Trinajstić information content (AvgIpc) is 3.17. The topological polar surface area (TPSA) is 64.1 Å². The maximum Gasteiger partial charge on any atom is 0.311 e. The lowest BCUT2D eigenvalue weighted by Crippen LogP contribution is -2.52. The minimum atomic E-state index is -0.110. The predicted octanol–water partition coefficient (Wildman–Crippen LogP) is 4.64. The third-order valence-electron chi connectivity index (χ3n) is 5.56. The van der Waals surface area contributed by atoms with Crippen LogP contribution in [0.1, 0.15) is 32.6 Å². The summed E-state index contributed by atoms with van der Waals surface area (Å²) in [6, 6.07) is 5.96. The van der Waals surface area contributed by atoms with Crippen molar-refractivity contribution in [2.75, 3.05) is 11.9 Å². The SMILES string of the molecule is CCOC(=O)[C@H]1C2CCC(CC2)[C@@H]1Nc1cc(-c2cccs2)nc(Cl)n1. The zero-order chi connectivity index (χ0) is 18.1. The first-order valence-corrected chi connectivity index (χ1v) is 10.4. The number of hydrogen-bond acceptors (Lipinski definition) is 6. The fraction of sp³-hybridized carbons (Fsp3) is 0.526. The molecule has 0 aromatic carbocycles. The van der Waals surface area contributed by atoms with Gasteiger partial charge in [0.25, 0.3) is 0 Å². The van der Waals surface area contributed by atoms with E-state index in [1.165, 1.54) is 0 Å². The van der Waals surface area contributed by atoms with Gasteiger partial charge in [-0.2, -0.15) is 0 Å². The standard InChI is InChI=1S/C19H22ClN3O2S/c1-2-25-18(24)16-11-5-7-12(8-6-11)17(16)22-15-10-13(21-19(20)23-15)14-4-3-9-26-14/h3-4,9-12,16-17H,2,5-8H2,1H3,(H,21,22,23)/t11?,12?,16-,17-/m0/s1. The number of thiophene rings is 1. The van der Waals surface area contributed by atoms with Gasteiger partial charge in [-0.05, 0) is 67.5 Å². The number of halogens is 1. The van der Waals surface area contributed by atoms with Gasteiger partial charge in [0.2, 0.25) is 5.28 Å². The molecule has 5 nitrogen and oxygen atoms in total. The molecule has 0 aliphatic heterocycles. The summed E-state index contributed by atoms with van der Waals surface area (Å²) in [7, 11) is 0. The van der Waals surface area contributed by atoms with Crippen LogP contribution in [0.15, 0.2) is 23.6 Å². The summed E-state index contributed by atoms with van der Waals surface area (Å²) in [4.78, 5) is 22.3. The van der Waals surface area contributed by atoms with Gasteiger partial charge in [-0.3, -0.25) is 4.79 Å². The molecule has 0 amide bonds. The van der Waals surface area contributed by atoms with Crippen molar-refractivity contribution >= 4 is 34.7 Å². The van der Waals surface area contributed by atoms with Crippen molar-refractivity contribution in [3.63, 3.8) is 0 Å². The maximum atomic E-state index is 12.6. The van der Waals surface area contributed by atoms with E-state index in [0.29, 0.717) is 24.3 Å². The second-order valence-electron chi connectivity index (χ2n) is 7.01. The molecule has 1 N–H and O–H groups in total. The second-order valence-corrected chi connectivity index (χ2v) is 8.29. The molecule has 0 unspecified atom stereocenters. The van der Waals surface area contributed by atoms with Crippen LogP contribution >= 0.6 is 22.9 Å². The summed E-state index contributed by atoms with van der Waals surface area (Å²) in [5.41, 5.74) is 0.802. The van der Waals surface area contributed by atoms with Crippen LogP contribution in [0, 0.1) is 17.8 Å². The highest BCUT2D eigenvalue weighted by Gasteiger charge is 2.48. The van der Waals surface area contributed by atoms with Crippen molar-refractivity contribution in [1.82, 2.24) is 9.97 Å². The third-order valence-corrected chi connectivity index (χ3v) is 6.63. The average molecular weight is 392 g/mol. The molecule has 3 saturated carbocycles. The first-order chi connectivity index (χ1) is 12.7. The van der Waals surface area contributed by atoms with E-state index < -0.39 is 0 Å². The van der Waals surface area contributed by atoms with E-state index in [2.05, 4.69) is 15.3 Å². The lowest BCUT2D eigenvalue weighted by Gasteiger charge is -2.47. The van der Waals surface area contributed by atoms with Crippen LogP contribution in [-0.4, -0.2) is 28.6 Å². The number of anilines is 1. The minimum absolute atomic E-state index is 0.0451. The highest BCUT2D eigenvalue weighted by Crippen LogP contribution is 2.46. The van der Waals surface area contributed by atoms with Crippen molar-refractivity contribution in [2.45, 2.75) is 38.6 Å². The Labute approximate surface area is 162 Å². The Hall–Kier alpha value is -1.66. The molecule has 138 valence electrons. The van der Waals surface area contributed by atoms with Crippen LogP contribution in [-0.2, 0) is 9.53 Å². The number of rotatable bonds is 5. The van der Waals surface area contributed by atoms with Crippen molar-refractivity contribution < 1.29 is 9.53 Å². The van der Waals surface area contributed by atoms with E-state index in [4.69, 9.17) is 16.3 Å². The Morgan fingerprint density at radius 3 is 2.77 bits per heavy atom. The zero-order valence-corrected chi connectivity index (χ0v) is 16.2. The van der Waals surface area contributed by atoms with Crippen LogP contribution in [0.4, 0.5) is 5.82 Å². The van der Waals surface area contributed by atoms with E-state index in [0.717, 1.165) is 36.3 Å². The van der Waals surface area contributed by atoms with Gasteiger partial charge < -0.3 is 10.1 Å². The molecular weight excluding hydrogens is 370 g/mol. The smallest absolute Gasteiger partial charge is 0.311 e. The molecule has 7 heteroatoms. The fourth-order valence-corrected chi connectivity index (χ4v) is 5.32. The number of esters is 1. The summed E-state index contributed by atoms with van der Waals surface area (Å²) in [6.45, 7) is 2.28. The molecule has 0 radical (unpaired) electrons. The molecular formula is C19H22ClN3O2S. The number of nitrogens with zero attached hydrogens (tertiary/aromatic N) is 2. The Morgan fingerprint density at radius 2 is 2.08 bits per heavy atom. The highest BCUT2D eigenvalue weighted by molar-refractivity contribution is 7.13. The summed E-state index contributed by atoms with van der Waals surface area (Å²) >= 11 is 7.78. The largest absolute Gasteiger partial charge is 0.466 e. The minimum Gasteiger partial charge on any atom is -0.466 e. The number of hydrogen-bond donors (Lipinski definition) is 1. The Kier molecular flexibility index (Phi) is 5.14. The van der Waals surface area contributed by atoms with Gasteiger partial charge in [-0.15, -0.1) is 11.3 Å². The summed E-state index contributed by atoms with van der Waals surface area (Å²) in [5, 5.41) is 5.74. The van der Waals surface area contributed by atoms with Gasteiger partial charge >= 0.3 is 5.97 Å². The Balaban J connectivity index is 1.61. The number of aromatic nitrogens is 2. The first-order valence-electron chi connectivity index (χ1n) is 9.17. The second kappa shape index (κ2) is 7.53. The van der Waals surface area contributed by atoms with Crippen LogP contribution in [0.25, 0.3) is 10.6 Å². The monoisotopic (exact) mass is 391 g/mol. The molecule has 0 spiro atoms. The third kappa shape index (κ3) is 3.45. The first kappa shape index (κ1) is 17.7. The van der Waals surface area contributed by atoms with E-state index in [1.54, 1.807) is 11.3 Å². The summed E-state index contributed by atoms with van der Waals surface area (Å²) in [6.07, 6.45) is 4.51. The Morgan fingerprint density at radius 1 is 1.31 bits per heavy atom. The molecule has 5 rings (SSSR count). The molecule has 3 aliphatic carbocycles. The quantitative estimate of drug-likeness (QED) is 0.594. The van der Waals surface area contributed by atoms with Gasteiger partial charge in [-0.1, -0.05) is 6.07 Å². The van der Waals surface area contributed by atoms with Crippen LogP contribution in [0.5, 0.6) is 0 Å². The lowest BCUT2D eigenvalue weighted by molar-refractivity contribution is -0.154. The van der Waals surface area contributed by atoms with Crippen LogP contribution < -0.4 is 5.32 Å². The van der Waals surface area contributed by atoms with Crippen LogP contribution in [0.3, 0.4) is 0 Å². The van der Waals surface area contributed by atoms with E-state index >= 15 is 0 Å². The molecule has 2 heterocycles. The predicted molar refractivity (Wildman–Crippen MR) is 103 cm³/mol. The van der Waals surface area contributed by atoms with Crippen molar-refractivity contribution in [2.24, 2.45) is 17.8 Å². The highest BCUT2D eigenvalue weighted by atomic mass is 35.5. The van der Waals surface area contributed by atoms with Crippen molar-refractivity contribution in [3.05, 3.63) is 28.9 Å². The molecule has 0 saturated heterocycles. The summed E-state index contributed by atoms with van der Waals surface area (Å²) < 4.78 is 5.37. The van der Waals surface area contributed by atoms with Gasteiger partial charge in [0.1, 0.15) is 5.82 Å². The zero-order valence-electron chi connectivity index (χ0n) is 14.7. The van der Waals surface area contributed by atoms with E-state index in [9.17, 15) is 4.79 Å². The number of fused-ring (bicyclic) bond motifs is 3. The van der Waals surface area contributed by atoms with E-state index in [-0.39, 0.29) is 23.2 Å². The molecule has 2 bridgehead atoms.